The number of allylic oxidation sites excluding steroid dienone is 5. The van der Waals surface area contributed by atoms with Gasteiger partial charge in [0.2, 0.25) is 5.91 Å². The van der Waals surface area contributed by atoms with E-state index in [4.69, 9.17) is 4.74 Å². The highest BCUT2D eigenvalue weighted by Gasteiger charge is 2.18. The summed E-state index contributed by atoms with van der Waals surface area (Å²) < 4.78 is 5.50. The topological polar surface area (TPSA) is 95.9 Å². The molecule has 0 bridgehead atoms. The molecular weight excluding hydrogens is 1010 g/mol. The standard InChI is InChI=1S/C76H145NO5/c1-3-5-7-9-11-13-15-17-19-36-40-44-48-52-56-60-64-68-74(79)73(72-78)77-75(80)69-65-61-57-53-49-45-41-38-34-32-30-28-26-24-22-21-23-25-27-29-31-33-35-39-43-47-51-55-59-63-67-71-82-76(81)70-66-62-58-54-50-46-42-37-20-18-16-14-12-10-8-6-4-2/h23,25,29,31,64,68,73-74,78-79H,3-22,24,26-28,30,32-63,65-67,69-72H2,1-2H3,(H,77,80)/b25-23-,31-29-,68-64+. The summed E-state index contributed by atoms with van der Waals surface area (Å²) in [5.74, 6) is -0.0469. The summed E-state index contributed by atoms with van der Waals surface area (Å²) in [6.45, 7) is 4.94. The first-order valence-corrected chi connectivity index (χ1v) is 37.3. The quantitative estimate of drug-likeness (QED) is 0.0320. The van der Waals surface area contributed by atoms with Crippen LogP contribution in [-0.4, -0.2) is 47.4 Å². The van der Waals surface area contributed by atoms with Gasteiger partial charge in [-0.05, 0) is 64.2 Å². The van der Waals surface area contributed by atoms with Gasteiger partial charge in [0, 0.05) is 12.8 Å². The lowest BCUT2D eigenvalue weighted by Gasteiger charge is -2.20. The van der Waals surface area contributed by atoms with E-state index in [1.165, 1.54) is 340 Å². The molecular formula is C76H145NO5. The Morgan fingerprint density at radius 2 is 0.610 bits per heavy atom. The van der Waals surface area contributed by atoms with Gasteiger partial charge in [0.05, 0.1) is 25.4 Å². The Morgan fingerprint density at radius 1 is 0.341 bits per heavy atom. The lowest BCUT2D eigenvalue weighted by Crippen LogP contribution is -2.45. The summed E-state index contributed by atoms with van der Waals surface area (Å²) in [5.41, 5.74) is 0. The van der Waals surface area contributed by atoms with Gasteiger partial charge >= 0.3 is 5.97 Å². The fourth-order valence-corrected chi connectivity index (χ4v) is 11.7. The number of amides is 1. The maximum absolute atomic E-state index is 12.5. The number of aliphatic hydroxyl groups excluding tert-OH is 2. The minimum absolute atomic E-state index is 0.0174. The fraction of sp³-hybridized carbons (Fsp3) is 0.895. The van der Waals surface area contributed by atoms with E-state index in [0.29, 0.717) is 19.4 Å². The van der Waals surface area contributed by atoms with E-state index in [-0.39, 0.29) is 18.5 Å². The summed E-state index contributed by atoms with van der Waals surface area (Å²) in [6.07, 6.45) is 92.4. The molecule has 2 atom stereocenters. The number of esters is 1. The van der Waals surface area contributed by atoms with Crippen LogP contribution in [-0.2, 0) is 14.3 Å². The second-order valence-corrected chi connectivity index (χ2v) is 25.6. The maximum atomic E-state index is 12.5. The monoisotopic (exact) mass is 1150 g/mol. The van der Waals surface area contributed by atoms with Crippen molar-refractivity contribution in [3.05, 3.63) is 36.5 Å². The predicted octanol–water partition coefficient (Wildman–Crippen LogP) is 24.3. The van der Waals surface area contributed by atoms with Crippen LogP contribution in [0.15, 0.2) is 36.5 Å². The number of carbonyl (C=O) groups excluding carboxylic acids is 2. The van der Waals surface area contributed by atoms with Crippen molar-refractivity contribution < 1.29 is 24.5 Å². The highest BCUT2D eigenvalue weighted by molar-refractivity contribution is 5.76. The molecule has 0 radical (unpaired) electrons. The fourth-order valence-electron chi connectivity index (χ4n) is 11.7. The van der Waals surface area contributed by atoms with Gasteiger partial charge in [-0.2, -0.15) is 0 Å². The number of unbranched alkanes of at least 4 members (excludes halogenated alkanes) is 55. The van der Waals surface area contributed by atoms with Crippen LogP contribution in [0.4, 0.5) is 0 Å². The second kappa shape index (κ2) is 71.6. The van der Waals surface area contributed by atoms with Crippen LogP contribution >= 0.6 is 0 Å². The number of hydrogen-bond donors (Lipinski definition) is 3. The summed E-state index contributed by atoms with van der Waals surface area (Å²) in [7, 11) is 0. The van der Waals surface area contributed by atoms with Gasteiger partial charge in [0.15, 0.2) is 0 Å². The molecule has 0 rings (SSSR count). The zero-order valence-corrected chi connectivity index (χ0v) is 55.5. The molecule has 0 aliphatic carbocycles. The van der Waals surface area contributed by atoms with Crippen molar-refractivity contribution in [1.82, 2.24) is 5.32 Å². The van der Waals surface area contributed by atoms with E-state index in [9.17, 15) is 19.8 Å². The van der Waals surface area contributed by atoms with Crippen LogP contribution in [0.25, 0.3) is 0 Å². The average Bonchev–Trinajstić information content (AvgIpc) is 3.48. The van der Waals surface area contributed by atoms with Crippen LogP contribution in [0.5, 0.6) is 0 Å². The number of carbonyl (C=O) groups is 2. The lowest BCUT2D eigenvalue weighted by molar-refractivity contribution is -0.143. The first kappa shape index (κ1) is 80.1. The molecule has 0 saturated heterocycles. The molecule has 2 unspecified atom stereocenters. The third kappa shape index (κ3) is 67.2. The number of nitrogens with one attached hydrogen (secondary N) is 1. The number of aliphatic hydroxyl groups is 2. The van der Waals surface area contributed by atoms with Crippen molar-refractivity contribution >= 4 is 11.9 Å². The molecule has 3 N–H and O–H groups in total. The summed E-state index contributed by atoms with van der Waals surface area (Å²) in [4.78, 5) is 24.6. The summed E-state index contributed by atoms with van der Waals surface area (Å²) in [5, 5.41) is 23.2. The van der Waals surface area contributed by atoms with E-state index in [1.54, 1.807) is 6.08 Å². The molecule has 1 amide bonds. The van der Waals surface area contributed by atoms with Crippen molar-refractivity contribution in [1.29, 1.82) is 0 Å². The van der Waals surface area contributed by atoms with E-state index in [2.05, 4.69) is 43.5 Å². The van der Waals surface area contributed by atoms with Crippen molar-refractivity contribution in [3.8, 4) is 0 Å². The van der Waals surface area contributed by atoms with Gasteiger partial charge in [-0.3, -0.25) is 9.59 Å². The average molecular weight is 1150 g/mol. The molecule has 0 heterocycles. The van der Waals surface area contributed by atoms with E-state index < -0.39 is 12.1 Å². The van der Waals surface area contributed by atoms with Crippen LogP contribution in [0, 0.1) is 0 Å². The van der Waals surface area contributed by atoms with Gasteiger partial charge in [-0.1, -0.05) is 371 Å². The maximum Gasteiger partial charge on any atom is 0.305 e. The first-order valence-electron chi connectivity index (χ1n) is 37.3. The van der Waals surface area contributed by atoms with Crippen molar-refractivity contribution in [2.75, 3.05) is 13.2 Å². The van der Waals surface area contributed by atoms with Crippen molar-refractivity contribution in [2.24, 2.45) is 0 Å². The zero-order valence-electron chi connectivity index (χ0n) is 55.5. The van der Waals surface area contributed by atoms with E-state index in [1.807, 2.05) is 6.08 Å². The SMILES string of the molecule is CCCCCCCCCCCCCCCCC/C=C/C(O)C(CO)NC(=O)CCCCCCCCCCCCCCCCC/C=C\C/C=C\CCCCCCCCCCCOC(=O)CCCCCCCCCCCCCCCCCCC. The summed E-state index contributed by atoms with van der Waals surface area (Å²) >= 11 is 0. The molecule has 0 saturated carbocycles. The van der Waals surface area contributed by atoms with Crippen LogP contribution in [0.2, 0.25) is 0 Å². The molecule has 0 aromatic rings. The molecule has 82 heavy (non-hydrogen) atoms. The van der Waals surface area contributed by atoms with E-state index in [0.717, 1.165) is 44.9 Å². The lowest BCUT2D eigenvalue weighted by atomic mass is 10.0. The van der Waals surface area contributed by atoms with Gasteiger partial charge in [-0.25, -0.2) is 0 Å². The van der Waals surface area contributed by atoms with Crippen molar-refractivity contribution in [3.63, 3.8) is 0 Å². The normalized spacial score (nSPS) is 12.7. The number of ether oxygens (including phenoxy) is 1. The Bertz CT molecular complexity index is 1330. The number of rotatable bonds is 70. The third-order valence-corrected chi connectivity index (χ3v) is 17.4. The van der Waals surface area contributed by atoms with Crippen LogP contribution in [0.3, 0.4) is 0 Å². The smallest absolute Gasteiger partial charge is 0.305 e. The predicted molar refractivity (Wildman–Crippen MR) is 361 cm³/mol. The molecule has 0 aliphatic heterocycles. The molecule has 0 aromatic carbocycles. The van der Waals surface area contributed by atoms with Gasteiger partial charge < -0.3 is 20.3 Å². The Hall–Kier alpha value is -1.92. The molecule has 0 aromatic heterocycles. The molecule has 0 spiro atoms. The molecule has 0 aliphatic rings. The zero-order chi connectivity index (χ0) is 59.2. The van der Waals surface area contributed by atoms with E-state index >= 15 is 0 Å². The highest BCUT2D eigenvalue weighted by atomic mass is 16.5. The van der Waals surface area contributed by atoms with Crippen molar-refractivity contribution in [2.45, 2.75) is 424 Å². The third-order valence-electron chi connectivity index (χ3n) is 17.4. The molecule has 0 fully saturated rings. The number of hydrogen-bond acceptors (Lipinski definition) is 5. The Morgan fingerprint density at radius 3 is 0.927 bits per heavy atom. The molecule has 484 valence electrons. The minimum Gasteiger partial charge on any atom is -0.466 e. The minimum atomic E-state index is -0.845. The molecule has 6 heteroatoms. The Labute approximate surface area is 513 Å². The van der Waals surface area contributed by atoms with Gasteiger partial charge in [0.1, 0.15) is 0 Å². The largest absolute Gasteiger partial charge is 0.466 e. The molecule has 6 nitrogen and oxygen atoms in total. The Balaban J connectivity index is 3.39. The van der Waals surface area contributed by atoms with Crippen LogP contribution < -0.4 is 5.32 Å². The highest BCUT2D eigenvalue weighted by Crippen LogP contribution is 2.19. The van der Waals surface area contributed by atoms with Gasteiger partial charge in [-0.15, -0.1) is 0 Å². The Kier molecular flexibility index (Phi) is 69.9. The second-order valence-electron chi connectivity index (χ2n) is 25.6. The van der Waals surface area contributed by atoms with Gasteiger partial charge in [0.25, 0.3) is 0 Å². The van der Waals surface area contributed by atoms with Crippen LogP contribution in [0.1, 0.15) is 412 Å². The summed E-state index contributed by atoms with van der Waals surface area (Å²) in [6, 6.07) is -0.628. The first-order chi connectivity index (χ1) is 40.5.